The molecule has 186 valence electrons. The number of carbonyl (C=O) groups excluding carboxylic acids is 2. The number of carbonyl (C=O) groups is 2. The molecule has 1 saturated heterocycles. The number of benzene rings is 2. The number of fused-ring (bicyclic) bond motifs is 1. The van der Waals surface area contributed by atoms with E-state index in [0.717, 1.165) is 44.1 Å². The van der Waals surface area contributed by atoms with Crippen LogP contribution in [-0.4, -0.2) is 54.7 Å². The minimum atomic E-state index is -0.833. The number of hydrogen-bond acceptors (Lipinski definition) is 5. The van der Waals surface area contributed by atoms with Crippen LogP contribution in [-0.2, 0) is 14.3 Å². The maximum Gasteiger partial charge on any atom is 0.268 e. The number of amides is 2. The molecule has 1 aliphatic carbocycles. The molecule has 2 heterocycles. The number of nitrogens with zero attached hydrogens (tertiary/aromatic N) is 1. The van der Waals surface area contributed by atoms with E-state index in [1.807, 2.05) is 48.5 Å². The number of hydrogen-bond donors (Lipinski definition) is 1. The quantitative estimate of drug-likeness (QED) is 0.650. The van der Waals surface area contributed by atoms with Crippen LogP contribution >= 0.6 is 0 Å². The molecule has 0 radical (unpaired) electrons. The van der Waals surface area contributed by atoms with Crippen LogP contribution in [0.2, 0.25) is 0 Å². The average Bonchev–Trinajstić information content (AvgIpc) is 3.42. The van der Waals surface area contributed by atoms with Crippen LogP contribution in [0, 0.1) is 0 Å². The molecule has 3 aliphatic rings. The molecule has 2 aromatic rings. The molecule has 0 unspecified atom stereocenters. The van der Waals surface area contributed by atoms with Gasteiger partial charge in [-0.25, -0.2) is 0 Å². The Balaban J connectivity index is 1.44. The van der Waals surface area contributed by atoms with E-state index in [2.05, 4.69) is 5.32 Å². The van der Waals surface area contributed by atoms with Crippen molar-refractivity contribution in [3.63, 3.8) is 0 Å². The molecule has 2 aliphatic heterocycles. The first kappa shape index (κ1) is 23.7. The van der Waals surface area contributed by atoms with Crippen LogP contribution in [0.3, 0.4) is 0 Å². The Morgan fingerprint density at radius 1 is 0.914 bits per heavy atom. The molecule has 0 bridgehead atoms. The highest BCUT2D eigenvalue weighted by molar-refractivity contribution is 5.91. The largest absolute Gasteiger partial charge is 0.485 e. The van der Waals surface area contributed by atoms with E-state index in [0.29, 0.717) is 24.7 Å². The van der Waals surface area contributed by atoms with Gasteiger partial charge in [-0.15, -0.1) is 0 Å². The third-order valence-corrected chi connectivity index (χ3v) is 7.12. The molecule has 1 saturated carbocycles. The van der Waals surface area contributed by atoms with Gasteiger partial charge in [0.25, 0.3) is 5.91 Å². The molecule has 2 aromatic carbocycles. The van der Waals surface area contributed by atoms with Crippen molar-refractivity contribution >= 4 is 11.8 Å². The lowest BCUT2D eigenvalue weighted by Crippen LogP contribution is -2.54. The van der Waals surface area contributed by atoms with Gasteiger partial charge >= 0.3 is 0 Å². The second kappa shape index (κ2) is 11.1. The van der Waals surface area contributed by atoms with Crippen molar-refractivity contribution in [3.8, 4) is 11.5 Å². The fourth-order valence-corrected chi connectivity index (χ4v) is 5.29. The highest BCUT2D eigenvalue weighted by Crippen LogP contribution is 2.33. The summed E-state index contributed by atoms with van der Waals surface area (Å²) in [5.41, 5.74) is 0.782. The van der Waals surface area contributed by atoms with E-state index < -0.39 is 12.1 Å². The summed E-state index contributed by atoms with van der Waals surface area (Å²) < 4.78 is 17.8. The molecule has 3 atom stereocenters. The van der Waals surface area contributed by atoms with Crippen molar-refractivity contribution in [2.24, 2.45) is 0 Å². The fourth-order valence-electron chi connectivity index (χ4n) is 5.29. The Bertz CT molecular complexity index is 1000. The third kappa shape index (κ3) is 5.61. The van der Waals surface area contributed by atoms with Gasteiger partial charge < -0.3 is 24.4 Å². The van der Waals surface area contributed by atoms with Crippen LogP contribution in [0.4, 0.5) is 0 Å². The summed E-state index contributed by atoms with van der Waals surface area (Å²) in [7, 11) is 0. The standard InChI is InChI=1S/C28H34N2O5/c31-27(29-21-12-5-2-6-13-21)26(20-10-3-1-4-11-20)30(18-22-14-9-17-33-22)28(32)25-19-34-23-15-7-8-16-24(23)35-25/h1,3-4,7-8,10-11,15-16,21-22,25-26H,2,5-6,9,12-14,17-19H2,(H,29,31)/t22-,25+,26+/m1/s1. The number of rotatable bonds is 7. The van der Waals surface area contributed by atoms with E-state index in [9.17, 15) is 9.59 Å². The van der Waals surface area contributed by atoms with Crippen molar-refractivity contribution < 1.29 is 23.8 Å². The predicted octanol–water partition coefficient (Wildman–Crippen LogP) is 4.02. The van der Waals surface area contributed by atoms with Crippen molar-refractivity contribution in [2.75, 3.05) is 19.8 Å². The molecular formula is C28H34N2O5. The van der Waals surface area contributed by atoms with E-state index in [-0.39, 0.29) is 30.6 Å². The number of nitrogens with one attached hydrogen (secondary N) is 1. The molecule has 35 heavy (non-hydrogen) atoms. The molecule has 0 aromatic heterocycles. The highest BCUT2D eigenvalue weighted by atomic mass is 16.6. The Labute approximate surface area is 206 Å². The molecule has 5 rings (SSSR count). The van der Waals surface area contributed by atoms with E-state index in [1.165, 1.54) is 6.42 Å². The van der Waals surface area contributed by atoms with Crippen LogP contribution < -0.4 is 14.8 Å². The summed E-state index contributed by atoms with van der Waals surface area (Å²) in [6.07, 6.45) is 6.27. The van der Waals surface area contributed by atoms with Gasteiger partial charge in [0.2, 0.25) is 12.0 Å². The summed E-state index contributed by atoms with van der Waals surface area (Å²) in [6.45, 7) is 1.11. The van der Waals surface area contributed by atoms with Crippen LogP contribution in [0.25, 0.3) is 0 Å². The fraction of sp³-hybridized carbons (Fsp3) is 0.500. The molecule has 2 amide bonds. The number of ether oxygens (including phenoxy) is 3. The SMILES string of the molecule is O=C(NC1CCCCC1)[C@H](c1ccccc1)N(C[C@H]1CCCO1)C(=O)[C@@H]1COc2ccccc2O1. The minimum Gasteiger partial charge on any atom is -0.485 e. The first-order valence-corrected chi connectivity index (χ1v) is 12.8. The van der Waals surface area contributed by atoms with Gasteiger partial charge in [-0.1, -0.05) is 61.7 Å². The van der Waals surface area contributed by atoms with Crippen molar-refractivity contribution in [3.05, 3.63) is 60.2 Å². The average molecular weight is 479 g/mol. The lowest BCUT2D eigenvalue weighted by molar-refractivity contribution is -0.150. The zero-order valence-electron chi connectivity index (χ0n) is 20.1. The summed E-state index contributed by atoms with van der Waals surface area (Å²) in [5.74, 6) is 0.753. The van der Waals surface area contributed by atoms with Crippen LogP contribution in [0.15, 0.2) is 54.6 Å². The topological polar surface area (TPSA) is 77.1 Å². The van der Waals surface area contributed by atoms with Gasteiger partial charge in [0.15, 0.2) is 11.5 Å². The summed E-state index contributed by atoms with van der Waals surface area (Å²) in [5, 5.41) is 3.25. The van der Waals surface area contributed by atoms with Gasteiger partial charge in [-0.3, -0.25) is 9.59 Å². The third-order valence-electron chi connectivity index (χ3n) is 7.12. The summed E-state index contributed by atoms with van der Waals surface area (Å²) in [4.78, 5) is 29.4. The van der Waals surface area contributed by atoms with Gasteiger partial charge in [0.1, 0.15) is 12.6 Å². The lowest BCUT2D eigenvalue weighted by Gasteiger charge is -2.37. The zero-order chi connectivity index (χ0) is 24.0. The number of para-hydroxylation sites is 2. The van der Waals surface area contributed by atoms with E-state index in [4.69, 9.17) is 14.2 Å². The smallest absolute Gasteiger partial charge is 0.268 e. The predicted molar refractivity (Wildman–Crippen MR) is 131 cm³/mol. The molecule has 2 fully saturated rings. The minimum absolute atomic E-state index is 0.101. The molecule has 1 N–H and O–H groups in total. The molecule has 7 heteroatoms. The Kier molecular flexibility index (Phi) is 7.52. The van der Waals surface area contributed by atoms with Crippen molar-refractivity contribution in [2.45, 2.75) is 69.2 Å². The van der Waals surface area contributed by atoms with E-state index >= 15 is 0 Å². The van der Waals surface area contributed by atoms with Crippen LogP contribution in [0.1, 0.15) is 56.6 Å². The maximum absolute atomic E-state index is 14.0. The maximum atomic E-state index is 14.0. The van der Waals surface area contributed by atoms with Crippen molar-refractivity contribution in [1.82, 2.24) is 10.2 Å². The first-order valence-electron chi connectivity index (χ1n) is 12.8. The summed E-state index contributed by atoms with van der Waals surface area (Å²) >= 11 is 0. The molecule has 0 spiro atoms. The second-order valence-corrected chi connectivity index (χ2v) is 9.65. The van der Waals surface area contributed by atoms with Crippen LogP contribution in [0.5, 0.6) is 11.5 Å². The van der Waals surface area contributed by atoms with Gasteiger partial charge in [-0.2, -0.15) is 0 Å². The molecule has 7 nitrogen and oxygen atoms in total. The highest BCUT2D eigenvalue weighted by Gasteiger charge is 2.40. The first-order chi connectivity index (χ1) is 17.2. The Hall–Kier alpha value is -3.06. The monoisotopic (exact) mass is 478 g/mol. The lowest BCUT2D eigenvalue weighted by atomic mass is 9.94. The Morgan fingerprint density at radius 3 is 2.40 bits per heavy atom. The zero-order valence-corrected chi connectivity index (χ0v) is 20.1. The van der Waals surface area contributed by atoms with Crippen molar-refractivity contribution in [1.29, 1.82) is 0 Å². The van der Waals surface area contributed by atoms with Gasteiger partial charge in [0.05, 0.1) is 6.10 Å². The normalized spacial score (nSPS) is 22.9. The summed E-state index contributed by atoms with van der Waals surface area (Å²) in [6, 6.07) is 16.3. The second-order valence-electron chi connectivity index (χ2n) is 9.65. The Morgan fingerprint density at radius 2 is 1.66 bits per heavy atom. The molecular weight excluding hydrogens is 444 g/mol. The van der Waals surface area contributed by atoms with E-state index in [1.54, 1.807) is 11.0 Å². The van der Waals surface area contributed by atoms with Gasteiger partial charge in [-0.05, 0) is 43.4 Å². The van der Waals surface area contributed by atoms with Gasteiger partial charge in [0, 0.05) is 19.2 Å².